The summed E-state index contributed by atoms with van der Waals surface area (Å²) in [6, 6.07) is -1.71. The Balaban J connectivity index is 1.44. The van der Waals surface area contributed by atoms with Crippen molar-refractivity contribution in [1.29, 1.82) is 0 Å². The molecule has 59 heavy (non-hydrogen) atoms. The second-order valence-electron chi connectivity index (χ2n) is 14.9. The number of hydrogen-bond donors (Lipinski definition) is 15. The second-order valence-corrected chi connectivity index (χ2v) is 14.9. The Labute approximate surface area is 335 Å². The van der Waals surface area contributed by atoms with Gasteiger partial charge >= 0.3 is 0 Å². The van der Waals surface area contributed by atoms with Crippen LogP contribution in [0.2, 0.25) is 0 Å². The van der Waals surface area contributed by atoms with E-state index in [2.05, 4.69) is 5.32 Å². The van der Waals surface area contributed by atoms with Gasteiger partial charge in [-0.05, 0) is 6.92 Å². The first-order valence-electron chi connectivity index (χ1n) is 18.9. The number of aliphatic hydroxyl groups is 14. The fraction of sp³-hybridized carbons (Fsp3) is 0.970. The smallest absolute Gasteiger partial charge is 0.217 e. The molecule has 25 atom stereocenters. The number of carbonyl (C=O) groups excluding carboxylic acids is 1. The summed E-state index contributed by atoms with van der Waals surface area (Å²) in [6.45, 7) is -1.20. The Kier molecular flexibility index (Phi) is 17.1. The van der Waals surface area contributed by atoms with E-state index in [-0.39, 0.29) is 0 Å². The molecular weight excluding hydrogens is 810 g/mol. The number of hydrogen-bond acceptors (Lipinski definition) is 25. The Bertz CT molecular complexity index is 1320. The Morgan fingerprint density at radius 2 is 0.898 bits per heavy atom. The van der Waals surface area contributed by atoms with E-state index in [1.54, 1.807) is 0 Å². The fourth-order valence-corrected chi connectivity index (χ4v) is 7.53. The maximum Gasteiger partial charge on any atom is 0.217 e. The highest BCUT2D eigenvalue weighted by Gasteiger charge is 2.57. The average Bonchev–Trinajstić information content (AvgIpc) is 3.21. The van der Waals surface area contributed by atoms with Crippen LogP contribution in [0.4, 0.5) is 0 Å². The molecule has 0 aromatic carbocycles. The molecule has 0 saturated carbocycles. The predicted molar refractivity (Wildman–Crippen MR) is 181 cm³/mol. The van der Waals surface area contributed by atoms with Gasteiger partial charge < -0.3 is 124 Å². The highest BCUT2D eigenvalue weighted by molar-refractivity contribution is 5.73. The molecule has 5 aliphatic rings. The number of rotatable bonds is 14. The van der Waals surface area contributed by atoms with E-state index in [0.717, 1.165) is 6.92 Å². The number of ether oxygens (including phenoxy) is 10. The van der Waals surface area contributed by atoms with Gasteiger partial charge in [0.15, 0.2) is 31.5 Å². The molecule has 0 bridgehead atoms. The van der Waals surface area contributed by atoms with Crippen molar-refractivity contribution in [2.24, 2.45) is 0 Å². The van der Waals surface area contributed by atoms with E-state index < -0.39 is 186 Å². The molecule has 0 radical (unpaired) electrons. The molecule has 5 aliphatic heterocycles. The molecule has 0 aliphatic carbocycles. The summed E-state index contributed by atoms with van der Waals surface area (Å²) in [5.74, 6) is -0.812. The molecule has 10 unspecified atom stereocenters. The molecule has 0 aromatic rings. The quantitative estimate of drug-likeness (QED) is 0.0771. The van der Waals surface area contributed by atoms with E-state index in [4.69, 9.17) is 47.4 Å². The first kappa shape index (κ1) is 48.5. The third kappa shape index (κ3) is 10.2. The lowest BCUT2D eigenvalue weighted by molar-refractivity contribution is -0.390. The van der Waals surface area contributed by atoms with E-state index in [1.807, 2.05) is 0 Å². The molecule has 26 heteroatoms. The third-order valence-corrected chi connectivity index (χ3v) is 10.9. The van der Waals surface area contributed by atoms with Gasteiger partial charge in [-0.2, -0.15) is 0 Å². The minimum absolute atomic E-state index is 0.784. The first-order valence-corrected chi connectivity index (χ1v) is 18.9. The number of methoxy groups -OCH3 is 1. The highest BCUT2D eigenvalue weighted by Crippen LogP contribution is 2.36. The van der Waals surface area contributed by atoms with Crippen LogP contribution in [0.3, 0.4) is 0 Å². The monoisotopic (exact) mass is 867 g/mol. The van der Waals surface area contributed by atoms with Crippen LogP contribution < -0.4 is 5.32 Å². The Hall–Kier alpha value is -1.49. The van der Waals surface area contributed by atoms with Crippen LogP contribution in [0.25, 0.3) is 0 Å². The van der Waals surface area contributed by atoms with Crippen molar-refractivity contribution in [2.75, 3.05) is 33.5 Å². The van der Waals surface area contributed by atoms with Gasteiger partial charge in [0.2, 0.25) is 5.91 Å². The molecule has 0 aromatic heterocycles. The second kappa shape index (κ2) is 20.8. The van der Waals surface area contributed by atoms with E-state index in [1.165, 1.54) is 14.0 Å². The summed E-state index contributed by atoms with van der Waals surface area (Å²) >= 11 is 0. The predicted octanol–water partition coefficient (Wildman–Crippen LogP) is -10.1. The molecule has 5 fully saturated rings. The van der Waals surface area contributed by atoms with Gasteiger partial charge in [0.1, 0.15) is 116 Å². The molecule has 0 spiro atoms. The van der Waals surface area contributed by atoms with Gasteiger partial charge in [0.25, 0.3) is 0 Å². The SMILES string of the molecule is CO[C@@H]1OC(CO)[C@H](O[C@H]2OC(CO)[C@H](O)[C@H](O[C@@H]3OC(CO)[C@H](O)[C@H](O[C@@H]4OC(CO)[C@H](O)[C@H](O)C4O[C@@H]4OC(C)[C@@H](O)[C@H](O)C4O)C3NC(C)=O)C2O)[C@H](O)C1O. The zero-order valence-corrected chi connectivity index (χ0v) is 32.0. The maximum atomic E-state index is 12.6. The number of carbonyl (C=O) groups is 1. The van der Waals surface area contributed by atoms with Gasteiger partial charge in [-0.15, -0.1) is 0 Å². The average molecular weight is 868 g/mol. The van der Waals surface area contributed by atoms with Gasteiger partial charge in [-0.25, -0.2) is 0 Å². The summed E-state index contributed by atoms with van der Waals surface area (Å²) < 4.78 is 56.5. The van der Waals surface area contributed by atoms with Crippen LogP contribution in [0.5, 0.6) is 0 Å². The van der Waals surface area contributed by atoms with Crippen LogP contribution in [0.15, 0.2) is 0 Å². The van der Waals surface area contributed by atoms with Crippen LogP contribution in [0.1, 0.15) is 13.8 Å². The van der Waals surface area contributed by atoms with Crippen molar-refractivity contribution in [3.8, 4) is 0 Å². The first-order chi connectivity index (χ1) is 27.9. The van der Waals surface area contributed by atoms with Crippen molar-refractivity contribution < 1.29 is 124 Å². The number of aliphatic hydroxyl groups excluding tert-OH is 14. The van der Waals surface area contributed by atoms with E-state index >= 15 is 0 Å². The van der Waals surface area contributed by atoms with Crippen LogP contribution in [0, 0.1) is 0 Å². The van der Waals surface area contributed by atoms with E-state index in [0.29, 0.717) is 0 Å². The summed E-state index contributed by atoms with van der Waals surface area (Å²) in [4.78, 5) is 12.6. The van der Waals surface area contributed by atoms with Crippen molar-refractivity contribution in [1.82, 2.24) is 5.32 Å². The molecule has 26 nitrogen and oxygen atoms in total. The van der Waals surface area contributed by atoms with Crippen LogP contribution >= 0.6 is 0 Å². The minimum atomic E-state index is -2.07. The maximum absolute atomic E-state index is 12.6. The Morgan fingerprint density at radius 1 is 0.458 bits per heavy atom. The van der Waals surface area contributed by atoms with Crippen molar-refractivity contribution in [3.63, 3.8) is 0 Å². The number of amides is 1. The van der Waals surface area contributed by atoms with Gasteiger partial charge in [0.05, 0.1) is 32.5 Å². The summed E-state index contributed by atoms with van der Waals surface area (Å²) in [5.41, 5.74) is 0. The normalized spacial score (nSPS) is 51.0. The van der Waals surface area contributed by atoms with Crippen LogP contribution in [-0.4, -0.2) is 264 Å². The van der Waals surface area contributed by atoms with Crippen molar-refractivity contribution in [2.45, 2.75) is 167 Å². The molecule has 1 amide bonds. The standard InChI is InChI=1S/C33H57NO25/c1-8-15(40)19(44)22(47)31(51-8)59-28-20(45)16(41)10(4-35)54-33(28)57-26-14(34-9(2)39)29(52-11(5-36)17(26)42)58-27-18(43)12(6-37)53-32(24(27)49)56-25-13(7-38)55-30(50-3)23(48)21(25)46/h8,10-33,35-38,40-49H,4-7H2,1-3H3,(H,34,39)/t8?,10?,11?,12?,13?,14?,15-,16+,17+,18+,19+,20+,21-,22?,23?,24?,25+,26-,27+,28?,29+,30-,31+,32-,33+/m1/s1. The van der Waals surface area contributed by atoms with Gasteiger partial charge in [0, 0.05) is 14.0 Å². The topological polar surface area (TPSA) is 405 Å². The summed E-state index contributed by atoms with van der Waals surface area (Å²) in [6.07, 6.45) is -42.1. The van der Waals surface area contributed by atoms with E-state index in [9.17, 15) is 76.3 Å². The zero-order valence-electron chi connectivity index (χ0n) is 32.0. The van der Waals surface area contributed by atoms with Gasteiger partial charge in [-0.1, -0.05) is 0 Å². The number of nitrogens with one attached hydrogen (secondary N) is 1. The third-order valence-electron chi connectivity index (χ3n) is 10.9. The minimum Gasteiger partial charge on any atom is -0.394 e. The lowest BCUT2D eigenvalue weighted by Gasteiger charge is -2.50. The highest BCUT2D eigenvalue weighted by atomic mass is 16.8. The molecule has 5 saturated heterocycles. The fourth-order valence-electron chi connectivity index (χ4n) is 7.53. The molecule has 344 valence electrons. The largest absolute Gasteiger partial charge is 0.394 e. The lowest BCUT2D eigenvalue weighted by atomic mass is 9.94. The zero-order chi connectivity index (χ0) is 43.6. The molecule has 5 rings (SSSR count). The molecule has 15 N–H and O–H groups in total. The summed E-state index contributed by atoms with van der Waals surface area (Å²) in [7, 11) is 1.17. The molecular formula is C33H57NO25. The van der Waals surface area contributed by atoms with Gasteiger partial charge in [-0.3, -0.25) is 4.79 Å². The molecule has 5 heterocycles. The summed E-state index contributed by atoms with van der Waals surface area (Å²) in [5, 5.41) is 151. The van der Waals surface area contributed by atoms with Crippen molar-refractivity contribution in [3.05, 3.63) is 0 Å². The lowest BCUT2D eigenvalue weighted by Crippen LogP contribution is -2.70. The Morgan fingerprint density at radius 3 is 1.47 bits per heavy atom. The van der Waals surface area contributed by atoms with Crippen LogP contribution in [-0.2, 0) is 52.2 Å². The van der Waals surface area contributed by atoms with Crippen molar-refractivity contribution >= 4 is 5.91 Å².